The molecule has 1 aromatic carbocycles. The number of halogens is 3. The second-order valence-corrected chi connectivity index (χ2v) is 19.3. The molecule has 0 unspecified atom stereocenters. The van der Waals surface area contributed by atoms with Crippen LogP contribution in [0.1, 0.15) is 11.1 Å². The molecule has 0 saturated heterocycles. The SMILES string of the molecule is [CH3][Sn]([CH3])([CH3])/[CH]=C/c1cccc(C(F)(F)F)c1. The van der Waals surface area contributed by atoms with Crippen molar-refractivity contribution in [2.24, 2.45) is 0 Å². The third kappa shape index (κ3) is 4.59. The minimum absolute atomic E-state index is 0.584. The first kappa shape index (κ1) is 13.6. The first-order valence-electron chi connectivity index (χ1n) is 5.05. The molecule has 16 heavy (non-hydrogen) atoms. The summed E-state index contributed by atoms with van der Waals surface area (Å²) in [5.41, 5.74) is 0.0419. The molecule has 0 N–H and O–H groups in total. The van der Waals surface area contributed by atoms with E-state index in [1.807, 2.05) is 6.08 Å². The van der Waals surface area contributed by atoms with E-state index in [2.05, 4.69) is 18.9 Å². The maximum absolute atomic E-state index is 12.4. The van der Waals surface area contributed by atoms with Crippen molar-refractivity contribution >= 4 is 24.5 Å². The molecule has 0 heterocycles. The van der Waals surface area contributed by atoms with E-state index < -0.39 is 30.1 Å². The van der Waals surface area contributed by atoms with Gasteiger partial charge in [0.05, 0.1) is 0 Å². The molecule has 0 aliphatic heterocycles. The number of hydrogen-bond donors (Lipinski definition) is 0. The molecule has 0 spiro atoms. The Labute approximate surface area is 98.0 Å². The number of rotatable bonds is 2. The van der Waals surface area contributed by atoms with Crippen LogP contribution >= 0.6 is 0 Å². The number of alkyl halides is 3. The summed E-state index contributed by atoms with van der Waals surface area (Å²) >= 11 is -2.05. The van der Waals surface area contributed by atoms with Crippen LogP contribution in [0.3, 0.4) is 0 Å². The van der Waals surface area contributed by atoms with Crippen LogP contribution in [-0.2, 0) is 6.18 Å². The van der Waals surface area contributed by atoms with Crippen LogP contribution in [0.4, 0.5) is 13.2 Å². The van der Waals surface area contributed by atoms with Crippen molar-refractivity contribution in [3.05, 3.63) is 39.5 Å². The fourth-order valence-corrected chi connectivity index (χ4v) is 3.14. The Balaban J connectivity index is 2.96. The monoisotopic (exact) mass is 336 g/mol. The van der Waals surface area contributed by atoms with Gasteiger partial charge in [-0.25, -0.2) is 0 Å². The van der Waals surface area contributed by atoms with Gasteiger partial charge in [0.25, 0.3) is 0 Å². The minimum atomic E-state index is -4.26. The van der Waals surface area contributed by atoms with Crippen molar-refractivity contribution in [2.75, 3.05) is 0 Å². The van der Waals surface area contributed by atoms with E-state index in [0.29, 0.717) is 5.56 Å². The summed E-state index contributed by atoms with van der Waals surface area (Å²) in [6, 6.07) is 5.43. The van der Waals surface area contributed by atoms with Crippen LogP contribution < -0.4 is 0 Å². The molecule has 1 rings (SSSR count). The molecule has 0 atom stereocenters. The van der Waals surface area contributed by atoms with Gasteiger partial charge in [0, 0.05) is 0 Å². The summed E-state index contributed by atoms with van der Waals surface area (Å²) in [4.78, 5) is 6.62. The van der Waals surface area contributed by atoms with E-state index in [-0.39, 0.29) is 0 Å². The molecule has 0 aromatic heterocycles. The summed E-state index contributed by atoms with van der Waals surface area (Å²) in [6.45, 7) is 0. The van der Waals surface area contributed by atoms with Crippen molar-refractivity contribution in [3.8, 4) is 0 Å². The number of hydrogen-bond acceptors (Lipinski definition) is 0. The zero-order valence-electron chi connectivity index (χ0n) is 9.60. The van der Waals surface area contributed by atoms with Crippen LogP contribution in [0.2, 0.25) is 14.8 Å². The molecular weight excluding hydrogens is 320 g/mol. The Morgan fingerprint density at radius 3 is 2.25 bits per heavy atom. The molecule has 0 bridgehead atoms. The van der Waals surface area contributed by atoms with Crippen molar-refractivity contribution < 1.29 is 13.2 Å². The van der Waals surface area contributed by atoms with Crippen LogP contribution in [0.25, 0.3) is 6.08 Å². The molecule has 0 fully saturated rings. The number of benzene rings is 1. The van der Waals surface area contributed by atoms with E-state index in [4.69, 9.17) is 0 Å². The topological polar surface area (TPSA) is 0 Å². The Hall–Kier alpha value is -0.451. The molecule has 1 aromatic rings. The van der Waals surface area contributed by atoms with Gasteiger partial charge >= 0.3 is 98.1 Å². The molecule has 88 valence electrons. The quantitative estimate of drug-likeness (QED) is 0.693. The predicted octanol–water partition coefficient (Wildman–Crippen LogP) is 4.60. The summed E-state index contributed by atoms with van der Waals surface area (Å²) < 4.78 is 39.4. The van der Waals surface area contributed by atoms with E-state index in [1.165, 1.54) is 12.1 Å². The molecule has 0 nitrogen and oxygen atoms in total. The van der Waals surface area contributed by atoms with Gasteiger partial charge in [-0.1, -0.05) is 0 Å². The van der Waals surface area contributed by atoms with Crippen LogP contribution in [0.5, 0.6) is 0 Å². The van der Waals surface area contributed by atoms with E-state index >= 15 is 0 Å². The Morgan fingerprint density at radius 1 is 1.12 bits per heavy atom. The second-order valence-electron chi connectivity index (χ2n) is 4.82. The average molecular weight is 335 g/mol. The van der Waals surface area contributed by atoms with Gasteiger partial charge in [-0.05, 0) is 0 Å². The molecule has 0 aliphatic rings. The van der Waals surface area contributed by atoms with Gasteiger partial charge < -0.3 is 0 Å². The van der Waals surface area contributed by atoms with Crippen molar-refractivity contribution in [2.45, 2.75) is 21.0 Å². The summed E-state index contributed by atoms with van der Waals surface area (Å²) in [6.07, 6.45) is -2.44. The van der Waals surface area contributed by atoms with Gasteiger partial charge in [0.2, 0.25) is 0 Å². The van der Waals surface area contributed by atoms with Crippen LogP contribution in [0, 0.1) is 0 Å². The Bertz CT molecular complexity index is 386. The third-order valence-corrected chi connectivity index (χ3v) is 5.32. The van der Waals surface area contributed by atoms with Gasteiger partial charge in [-0.15, -0.1) is 0 Å². The molecule has 0 saturated carbocycles. The zero-order valence-corrected chi connectivity index (χ0v) is 12.5. The van der Waals surface area contributed by atoms with Gasteiger partial charge in [0.15, 0.2) is 0 Å². The fourth-order valence-electron chi connectivity index (χ4n) is 1.16. The zero-order chi connectivity index (χ0) is 12.4. The summed E-state index contributed by atoms with van der Waals surface area (Å²) in [7, 11) is 0. The van der Waals surface area contributed by atoms with Crippen molar-refractivity contribution in [1.29, 1.82) is 0 Å². The van der Waals surface area contributed by atoms with Crippen LogP contribution in [0.15, 0.2) is 28.4 Å². The van der Waals surface area contributed by atoms with Crippen molar-refractivity contribution in [3.63, 3.8) is 0 Å². The summed E-state index contributed by atoms with van der Waals surface area (Å²) in [5.74, 6) is 0. The molecular formula is C12H15F3Sn. The predicted molar refractivity (Wildman–Crippen MR) is 63.8 cm³/mol. The van der Waals surface area contributed by atoms with E-state index in [0.717, 1.165) is 6.07 Å². The Morgan fingerprint density at radius 2 is 1.75 bits per heavy atom. The maximum atomic E-state index is 12.4. The first-order valence-corrected chi connectivity index (χ1v) is 15.3. The summed E-state index contributed by atoms with van der Waals surface area (Å²) in [5, 5.41) is 0. The standard InChI is InChI=1S/C9H6F3.3CH3.Sn/c1-2-7-4-3-5-8(6-7)9(10,11)12;;;;/h1-6H;3*1H3;. The van der Waals surface area contributed by atoms with Gasteiger partial charge in [0.1, 0.15) is 0 Å². The van der Waals surface area contributed by atoms with Crippen LogP contribution in [-0.4, -0.2) is 18.4 Å². The van der Waals surface area contributed by atoms with Crippen molar-refractivity contribution in [1.82, 2.24) is 0 Å². The second kappa shape index (κ2) is 4.82. The van der Waals surface area contributed by atoms with E-state index in [9.17, 15) is 13.2 Å². The average Bonchev–Trinajstić information content (AvgIpc) is 2.13. The molecule has 0 aliphatic carbocycles. The molecule has 0 amide bonds. The molecule has 4 heteroatoms. The van der Waals surface area contributed by atoms with E-state index in [1.54, 1.807) is 6.07 Å². The first-order chi connectivity index (χ1) is 7.18. The molecule has 0 radical (unpaired) electrons. The normalized spacial score (nSPS) is 13.4. The van der Waals surface area contributed by atoms with Gasteiger partial charge in [-0.2, -0.15) is 0 Å². The Kier molecular flexibility index (Phi) is 4.10. The third-order valence-electron chi connectivity index (χ3n) is 1.99. The fraction of sp³-hybridized carbons (Fsp3) is 0.333. The van der Waals surface area contributed by atoms with Gasteiger partial charge in [-0.3, -0.25) is 0 Å².